The van der Waals surface area contributed by atoms with E-state index < -0.39 is 11.2 Å². The lowest BCUT2D eigenvalue weighted by atomic mass is 9.74. The highest BCUT2D eigenvalue weighted by atomic mass is 19.1. The second-order valence-electron chi connectivity index (χ2n) is 5.20. The summed E-state index contributed by atoms with van der Waals surface area (Å²) in [6.45, 7) is 0.356. The average Bonchev–Trinajstić information content (AvgIpc) is 2.52. The summed E-state index contributed by atoms with van der Waals surface area (Å²) in [6, 6.07) is 4.63. The number of nitrogens with one attached hydrogen (secondary N) is 1. The van der Waals surface area contributed by atoms with Gasteiger partial charge in [0.15, 0.2) is 5.82 Å². The SMILES string of the molecule is O=C1Nc2c(F)cccc2OCC12CCCCC2. The number of rotatable bonds is 0. The molecule has 1 spiro atoms. The fourth-order valence-corrected chi connectivity index (χ4v) is 2.87. The molecule has 0 radical (unpaired) electrons. The fourth-order valence-electron chi connectivity index (χ4n) is 2.87. The van der Waals surface area contributed by atoms with E-state index in [2.05, 4.69) is 5.32 Å². The molecule has 1 aliphatic heterocycles. The minimum Gasteiger partial charge on any atom is -0.490 e. The lowest BCUT2D eigenvalue weighted by Gasteiger charge is -2.33. The van der Waals surface area contributed by atoms with E-state index in [4.69, 9.17) is 4.74 Å². The van der Waals surface area contributed by atoms with E-state index in [1.807, 2.05) is 0 Å². The molecule has 1 saturated carbocycles. The highest BCUT2D eigenvalue weighted by molar-refractivity contribution is 5.97. The second kappa shape index (κ2) is 4.26. The Labute approximate surface area is 105 Å². The van der Waals surface area contributed by atoms with Gasteiger partial charge in [0, 0.05) is 0 Å². The van der Waals surface area contributed by atoms with Gasteiger partial charge in [-0.1, -0.05) is 25.3 Å². The Kier molecular flexibility index (Phi) is 2.73. The van der Waals surface area contributed by atoms with Gasteiger partial charge in [0.25, 0.3) is 0 Å². The molecule has 0 aromatic heterocycles. The predicted molar refractivity (Wildman–Crippen MR) is 66.0 cm³/mol. The first-order valence-electron chi connectivity index (χ1n) is 6.44. The molecule has 1 heterocycles. The quantitative estimate of drug-likeness (QED) is 0.767. The van der Waals surface area contributed by atoms with Gasteiger partial charge in [0.05, 0.1) is 5.41 Å². The van der Waals surface area contributed by atoms with Crippen molar-refractivity contribution >= 4 is 11.6 Å². The number of anilines is 1. The zero-order valence-electron chi connectivity index (χ0n) is 10.2. The summed E-state index contributed by atoms with van der Waals surface area (Å²) in [6.07, 6.45) is 4.89. The number of benzene rings is 1. The van der Waals surface area contributed by atoms with Crippen LogP contribution in [-0.4, -0.2) is 12.5 Å². The van der Waals surface area contributed by atoms with Gasteiger partial charge in [-0.15, -0.1) is 0 Å². The molecule has 0 atom stereocenters. The zero-order valence-corrected chi connectivity index (χ0v) is 10.2. The maximum absolute atomic E-state index is 13.7. The maximum Gasteiger partial charge on any atom is 0.234 e. The van der Waals surface area contributed by atoms with Crippen LogP contribution in [0.2, 0.25) is 0 Å². The van der Waals surface area contributed by atoms with Gasteiger partial charge in [0.1, 0.15) is 18.0 Å². The molecule has 2 aliphatic rings. The first kappa shape index (κ1) is 11.5. The number of ether oxygens (including phenoxy) is 1. The first-order chi connectivity index (χ1) is 8.71. The summed E-state index contributed by atoms with van der Waals surface area (Å²) < 4.78 is 19.4. The third-order valence-corrected chi connectivity index (χ3v) is 4.01. The third-order valence-electron chi connectivity index (χ3n) is 4.01. The highest BCUT2D eigenvalue weighted by Crippen LogP contribution is 2.42. The number of carbonyl (C=O) groups excluding carboxylic acids is 1. The molecule has 0 saturated heterocycles. The Morgan fingerprint density at radius 2 is 2.00 bits per heavy atom. The summed E-state index contributed by atoms with van der Waals surface area (Å²) in [5.41, 5.74) is -0.283. The van der Waals surface area contributed by atoms with E-state index in [0.29, 0.717) is 12.4 Å². The van der Waals surface area contributed by atoms with E-state index in [9.17, 15) is 9.18 Å². The van der Waals surface area contributed by atoms with E-state index in [1.165, 1.54) is 6.07 Å². The van der Waals surface area contributed by atoms with Crippen LogP contribution in [0.5, 0.6) is 5.75 Å². The van der Waals surface area contributed by atoms with Gasteiger partial charge in [-0.25, -0.2) is 4.39 Å². The van der Waals surface area contributed by atoms with Crippen molar-refractivity contribution in [2.45, 2.75) is 32.1 Å². The lowest BCUT2D eigenvalue weighted by molar-refractivity contribution is -0.128. The molecule has 0 bridgehead atoms. The van der Waals surface area contributed by atoms with Crippen LogP contribution in [0.1, 0.15) is 32.1 Å². The molecule has 1 amide bonds. The molecule has 1 aromatic rings. The van der Waals surface area contributed by atoms with E-state index in [0.717, 1.165) is 32.1 Å². The Morgan fingerprint density at radius 1 is 1.22 bits per heavy atom. The molecule has 3 nitrogen and oxygen atoms in total. The van der Waals surface area contributed by atoms with Crippen LogP contribution >= 0.6 is 0 Å². The molecule has 18 heavy (non-hydrogen) atoms. The van der Waals surface area contributed by atoms with Crippen molar-refractivity contribution in [3.8, 4) is 5.75 Å². The lowest BCUT2D eigenvalue weighted by Crippen LogP contribution is -2.41. The number of hydrogen-bond donors (Lipinski definition) is 1. The standard InChI is InChI=1S/C14H16FNO2/c15-10-5-4-6-11-12(10)16-13(17)14(9-18-11)7-2-1-3-8-14/h4-6H,1-3,7-9H2,(H,16,17). The van der Waals surface area contributed by atoms with Gasteiger partial charge < -0.3 is 10.1 Å². The van der Waals surface area contributed by atoms with Gasteiger partial charge in [-0.3, -0.25) is 4.79 Å². The maximum atomic E-state index is 13.7. The Bertz CT molecular complexity index is 481. The number of halogens is 1. The molecular formula is C14H16FNO2. The Morgan fingerprint density at radius 3 is 2.78 bits per heavy atom. The Hall–Kier alpha value is -1.58. The van der Waals surface area contributed by atoms with Crippen molar-refractivity contribution in [2.75, 3.05) is 11.9 Å². The van der Waals surface area contributed by atoms with Crippen molar-refractivity contribution < 1.29 is 13.9 Å². The minimum atomic E-state index is -0.469. The summed E-state index contributed by atoms with van der Waals surface area (Å²) in [4.78, 5) is 12.3. The van der Waals surface area contributed by atoms with Crippen molar-refractivity contribution in [2.24, 2.45) is 5.41 Å². The van der Waals surface area contributed by atoms with Crippen molar-refractivity contribution in [1.82, 2.24) is 0 Å². The van der Waals surface area contributed by atoms with E-state index in [1.54, 1.807) is 12.1 Å². The van der Waals surface area contributed by atoms with E-state index in [-0.39, 0.29) is 11.6 Å². The number of hydrogen-bond acceptors (Lipinski definition) is 2. The smallest absolute Gasteiger partial charge is 0.234 e. The number of carbonyl (C=O) groups is 1. The van der Waals surface area contributed by atoms with Gasteiger partial charge in [0.2, 0.25) is 5.91 Å². The predicted octanol–water partition coefficient (Wildman–Crippen LogP) is 3.11. The second-order valence-corrected chi connectivity index (χ2v) is 5.20. The van der Waals surface area contributed by atoms with Crippen LogP contribution < -0.4 is 10.1 Å². The molecule has 1 fully saturated rings. The zero-order chi connectivity index (χ0) is 12.6. The van der Waals surface area contributed by atoms with Gasteiger partial charge in [-0.05, 0) is 25.0 Å². The topological polar surface area (TPSA) is 38.3 Å². The number of amides is 1. The van der Waals surface area contributed by atoms with Crippen molar-refractivity contribution in [1.29, 1.82) is 0 Å². The molecule has 0 unspecified atom stereocenters. The minimum absolute atomic E-state index is 0.0916. The highest BCUT2D eigenvalue weighted by Gasteiger charge is 2.42. The third kappa shape index (κ3) is 1.76. The molecule has 1 aromatic carbocycles. The molecule has 3 rings (SSSR count). The first-order valence-corrected chi connectivity index (χ1v) is 6.44. The average molecular weight is 249 g/mol. The molecule has 1 aliphatic carbocycles. The van der Waals surface area contributed by atoms with Gasteiger partial charge in [-0.2, -0.15) is 0 Å². The van der Waals surface area contributed by atoms with Crippen molar-refractivity contribution in [3.63, 3.8) is 0 Å². The van der Waals surface area contributed by atoms with Crippen LogP contribution in [-0.2, 0) is 4.79 Å². The van der Waals surface area contributed by atoms with E-state index >= 15 is 0 Å². The van der Waals surface area contributed by atoms with Crippen LogP contribution in [0.15, 0.2) is 18.2 Å². The summed E-state index contributed by atoms with van der Waals surface area (Å²) in [5.74, 6) is -0.0921. The van der Waals surface area contributed by atoms with Crippen LogP contribution in [0, 0.1) is 11.2 Å². The molecule has 1 N–H and O–H groups in total. The summed E-state index contributed by atoms with van der Waals surface area (Å²) in [5, 5.41) is 2.71. The van der Waals surface area contributed by atoms with Crippen LogP contribution in [0.3, 0.4) is 0 Å². The molecule has 4 heteroatoms. The van der Waals surface area contributed by atoms with Crippen molar-refractivity contribution in [3.05, 3.63) is 24.0 Å². The summed E-state index contributed by atoms with van der Waals surface area (Å²) >= 11 is 0. The Balaban J connectivity index is 1.95. The number of para-hydroxylation sites is 1. The van der Waals surface area contributed by atoms with Gasteiger partial charge >= 0.3 is 0 Å². The number of fused-ring (bicyclic) bond motifs is 1. The molecule has 96 valence electrons. The monoisotopic (exact) mass is 249 g/mol. The molecular weight excluding hydrogens is 233 g/mol. The van der Waals surface area contributed by atoms with Crippen LogP contribution in [0.4, 0.5) is 10.1 Å². The largest absolute Gasteiger partial charge is 0.490 e. The fraction of sp³-hybridized carbons (Fsp3) is 0.500. The summed E-state index contributed by atoms with van der Waals surface area (Å²) in [7, 11) is 0. The normalized spacial score (nSPS) is 21.7. The van der Waals surface area contributed by atoms with Crippen LogP contribution in [0.25, 0.3) is 0 Å².